The highest BCUT2D eigenvalue weighted by molar-refractivity contribution is 4.71. The van der Waals surface area contributed by atoms with Gasteiger partial charge in [0, 0.05) is 6.04 Å². The van der Waals surface area contributed by atoms with Crippen molar-refractivity contribution in [3.63, 3.8) is 0 Å². The summed E-state index contributed by atoms with van der Waals surface area (Å²) in [4.78, 5) is 2.52. The van der Waals surface area contributed by atoms with Gasteiger partial charge in [0.05, 0.1) is 0 Å². The molecule has 0 radical (unpaired) electrons. The summed E-state index contributed by atoms with van der Waals surface area (Å²) in [5.41, 5.74) is 0. The fraction of sp³-hybridized carbons (Fsp3) is 1.00. The molecule has 0 rings (SSSR count). The van der Waals surface area contributed by atoms with Gasteiger partial charge in [-0.05, 0) is 44.9 Å². The van der Waals surface area contributed by atoms with Gasteiger partial charge in [-0.15, -0.1) is 0 Å². The smallest absolute Gasteiger partial charge is 0.00816 e. The third-order valence-electron chi connectivity index (χ3n) is 3.65. The van der Waals surface area contributed by atoms with Crippen LogP contribution in [0.3, 0.4) is 0 Å². The average molecular weight is 242 g/mol. The van der Waals surface area contributed by atoms with Gasteiger partial charge in [-0.3, -0.25) is 0 Å². The monoisotopic (exact) mass is 242 g/mol. The van der Waals surface area contributed by atoms with E-state index in [2.05, 4.69) is 44.8 Å². The molecule has 0 bridgehead atoms. The topological polar surface area (TPSA) is 15.3 Å². The predicted octanol–water partition coefficient (Wildman–Crippen LogP) is 3.52. The summed E-state index contributed by atoms with van der Waals surface area (Å²) in [6.07, 6.45) is 5.32. The molecule has 0 aliphatic heterocycles. The minimum absolute atomic E-state index is 0.710. The summed E-state index contributed by atoms with van der Waals surface area (Å²) < 4.78 is 0. The molecule has 1 N–H and O–H groups in total. The predicted molar refractivity (Wildman–Crippen MR) is 78.6 cm³/mol. The van der Waals surface area contributed by atoms with Crippen molar-refractivity contribution in [1.29, 1.82) is 0 Å². The van der Waals surface area contributed by atoms with Crippen molar-refractivity contribution in [2.45, 2.75) is 66.3 Å². The van der Waals surface area contributed by atoms with E-state index in [1.54, 1.807) is 0 Å². The minimum Gasteiger partial charge on any atom is -0.314 e. The Hall–Kier alpha value is -0.0800. The summed E-state index contributed by atoms with van der Waals surface area (Å²) in [7, 11) is 0. The van der Waals surface area contributed by atoms with Gasteiger partial charge in [0.15, 0.2) is 0 Å². The lowest BCUT2D eigenvalue weighted by atomic mass is 9.95. The van der Waals surface area contributed by atoms with E-state index in [1.165, 1.54) is 45.3 Å². The SMILES string of the molecule is CCCC(C)CC(CCN(CC)CC)NCC. The minimum atomic E-state index is 0.710. The largest absolute Gasteiger partial charge is 0.314 e. The quantitative estimate of drug-likeness (QED) is 0.596. The Labute approximate surface area is 109 Å². The first-order valence-corrected chi connectivity index (χ1v) is 7.63. The molecule has 0 aromatic rings. The molecule has 0 fully saturated rings. The van der Waals surface area contributed by atoms with Crippen molar-refractivity contribution in [3.8, 4) is 0 Å². The summed E-state index contributed by atoms with van der Waals surface area (Å²) in [5.74, 6) is 0.862. The Bertz CT molecular complexity index is 155. The molecule has 17 heavy (non-hydrogen) atoms. The lowest BCUT2D eigenvalue weighted by molar-refractivity contribution is 0.267. The van der Waals surface area contributed by atoms with Crippen molar-refractivity contribution in [1.82, 2.24) is 10.2 Å². The molecule has 0 spiro atoms. The van der Waals surface area contributed by atoms with E-state index in [0.717, 1.165) is 12.5 Å². The second-order valence-corrected chi connectivity index (χ2v) is 5.20. The van der Waals surface area contributed by atoms with Crippen molar-refractivity contribution in [2.24, 2.45) is 5.92 Å². The van der Waals surface area contributed by atoms with Crippen LogP contribution in [0.5, 0.6) is 0 Å². The average Bonchev–Trinajstić information content (AvgIpc) is 2.30. The van der Waals surface area contributed by atoms with Gasteiger partial charge in [-0.25, -0.2) is 0 Å². The van der Waals surface area contributed by atoms with E-state index in [0.29, 0.717) is 6.04 Å². The highest BCUT2D eigenvalue weighted by Gasteiger charge is 2.12. The number of hydrogen-bond acceptors (Lipinski definition) is 2. The first-order valence-electron chi connectivity index (χ1n) is 7.63. The molecule has 0 aromatic carbocycles. The van der Waals surface area contributed by atoms with Crippen molar-refractivity contribution >= 4 is 0 Å². The molecule has 2 nitrogen and oxygen atoms in total. The lowest BCUT2D eigenvalue weighted by Gasteiger charge is -2.25. The van der Waals surface area contributed by atoms with Crippen LogP contribution >= 0.6 is 0 Å². The van der Waals surface area contributed by atoms with E-state index in [9.17, 15) is 0 Å². The number of nitrogens with zero attached hydrogens (tertiary/aromatic N) is 1. The zero-order valence-electron chi connectivity index (χ0n) is 12.8. The van der Waals surface area contributed by atoms with Crippen LogP contribution in [-0.4, -0.2) is 37.1 Å². The van der Waals surface area contributed by atoms with Gasteiger partial charge in [-0.1, -0.05) is 47.5 Å². The summed E-state index contributed by atoms with van der Waals surface area (Å²) in [6.45, 7) is 16.1. The maximum Gasteiger partial charge on any atom is 0.00816 e. The molecule has 0 heterocycles. The maximum atomic E-state index is 3.65. The summed E-state index contributed by atoms with van der Waals surface area (Å²) >= 11 is 0. The van der Waals surface area contributed by atoms with Crippen molar-refractivity contribution < 1.29 is 0 Å². The van der Waals surface area contributed by atoms with Gasteiger partial charge in [-0.2, -0.15) is 0 Å². The highest BCUT2D eigenvalue weighted by atomic mass is 15.1. The van der Waals surface area contributed by atoms with E-state index < -0.39 is 0 Å². The molecule has 0 saturated carbocycles. The number of rotatable bonds is 11. The highest BCUT2D eigenvalue weighted by Crippen LogP contribution is 2.14. The normalized spacial score (nSPS) is 15.2. The maximum absolute atomic E-state index is 3.65. The van der Waals surface area contributed by atoms with Crippen LogP contribution in [0.4, 0.5) is 0 Å². The summed E-state index contributed by atoms with van der Waals surface area (Å²) in [6, 6.07) is 0.710. The molecular formula is C15H34N2. The number of nitrogens with one attached hydrogen (secondary N) is 1. The van der Waals surface area contributed by atoms with Gasteiger partial charge in [0.25, 0.3) is 0 Å². The summed E-state index contributed by atoms with van der Waals surface area (Å²) in [5, 5.41) is 3.65. The zero-order chi connectivity index (χ0) is 13.1. The van der Waals surface area contributed by atoms with E-state index in [4.69, 9.17) is 0 Å². The second kappa shape index (κ2) is 11.0. The molecule has 104 valence electrons. The van der Waals surface area contributed by atoms with E-state index >= 15 is 0 Å². The van der Waals surface area contributed by atoms with Crippen LogP contribution in [-0.2, 0) is 0 Å². The van der Waals surface area contributed by atoms with Gasteiger partial charge >= 0.3 is 0 Å². The molecule has 2 atom stereocenters. The van der Waals surface area contributed by atoms with E-state index in [-0.39, 0.29) is 0 Å². The van der Waals surface area contributed by atoms with Gasteiger partial charge in [0.1, 0.15) is 0 Å². The van der Waals surface area contributed by atoms with Crippen LogP contribution in [0, 0.1) is 5.92 Å². The number of hydrogen-bond donors (Lipinski definition) is 1. The Morgan fingerprint density at radius 1 is 1.00 bits per heavy atom. The zero-order valence-corrected chi connectivity index (χ0v) is 12.8. The molecule has 0 aliphatic carbocycles. The third kappa shape index (κ3) is 8.62. The van der Waals surface area contributed by atoms with Gasteiger partial charge < -0.3 is 10.2 Å². The van der Waals surface area contributed by atoms with Crippen molar-refractivity contribution in [2.75, 3.05) is 26.2 Å². The van der Waals surface area contributed by atoms with Crippen LogP contribution in [0.15, 0.2) is 0 Å². The molecule has 0 aliphatic rings. The lowest BCUT2D eigenvalue weighted by Crippen LogP contribution is -2.35. The first-order chi connectivity index (χ1) is 8.17. The Balaban J connectivity index is 3.95. The molecule has 2 heteroatoms. The second-order valence-electron chi connectivity index (χ2n) is 5.20. The standard InChI is InChI=1S/C15H34N2/c1-6-10-14(5)13-15(16-7-2)11-12-17(8-3)9-4/h14-16H,6-13H2,1-5H3. The Morgan fingerprint density at radius 2 is 1.65 bits per heavy atom. The molecule has 2 unspecified atom stereocenters. The molecule has 0 saturated heterocycles. The van der Waals surface area contributed by atoms with Crippen LogP contribution in [0.2, 0.25) is 0 Å². The first kappa shape index (κ1) is 16.9. The molecule has 0 amide bonds. The Morgan fingerprint density at radius 3 is 2.12 bits per heavy atom. The fourth-order valence-corrected chi connectivity index (χ4v) is 2.57. The molecule has 0 aromatic heterocycles. The van der Waals surface area contributed by atoms with Crippen LogP contribution in [0.1, 0.15) is 60.3 Å². The van der Waals surface area contributed by atoms with Gasteiger partial charge in [0.2, 0.25) is 0 Å². The Kier molecular flexibility index (Phi) is 11.0. The molecular weight excluding hydrogens is 208 g/mol. The third-order valence-corrected chi connectivity index (χ3v) is 3.65. The van der Waals surface area contributed by atoms with Crippen LogP contribution < -0.4 is 5.32 Å². The van der Waals surface area contributed by atoms with E-state index in [1.807, 2.05) is 0 Å². The van der Waals surface area contributed by atoms with Crippen LogP contribution in [0.25, 0.3) is 0 Å². The fourth-order valence-electron chi connectivity index (χ4n) is 2.57. The van der Waals surface area contributed by atoms with Crippen molar-refractivity contribution in [3.05, 3.63) is 0 Å².